The second-order valence-electron chi connectivity index (χ2n) is 9.27. The van der Waals surface area contributed by atoms with E-state index >= 15 is 0 Å². The van der Waals surface area contributed by atoms with Crippen LogP contribution in [0.4, 0.5) is 5.69 Å². The van der Waals surface area contributed by atoms with Crippen LogP contribution in [0.5, 0.6) is 0 Å². The van der Waals surface area contributed by atoms with Crippen LogP contribution in [0.15, 0.2) is 72.8 Å². The summed E-state index contributed by atoms with van der Waals surface area (Å²) in [6, 6.07) is 23.7. The molecule has 0 saturated carbocycles. The van der Waals surface area contributed by atoms with Crippen molar-refractivity contribution in [2.24, 2.45) is 0 Å². The van der Waals surface area contributed by atoms with Gasteiger partial charge in [0, 0.05) is 46.4 Å². The third-order valence-corrected chi connectivity index (χ3v) is 6.72. The molecule has 4 aromatic rings. The number of para-hydroxylation sites is 1. The molecule has 2 N–H and O–H groups in total. The molecule has 2 heterocycles. The van der Waals surface area contributed by atoms with E-state index in [2.05, 4.69) is 36.3 Å². The molecule has 1 aliphatic heterocycles. The summed E-state index contributed by atoms with van der Waals surface area (Å²) in [6.45, 7) is 6.68. The lowest BCUT2D eigenvalue weighted by molar-refractivity contribution is -0.116. The monoisotopic (exact) mass is 451 g/mol. The van der Waals surface area contributed by atoms with Crippen LogP contribution >= 0.6 is 0 Å². The number of H-pyrrole nitrogens is 1. The molecule has 5 rings (SSSR count). The molecule has 0 spiro atoms. The van der Waals surface area contributed by atoms with Gasteiger partial charge in [0.2, 0.25) is 5.91 Å². The van der Waals surface area contributed by atoms with E-state index in [0.29, 0.717) is 18.0 Å². The molecule has 0 aliphatic carbocycles. The number of carbonyl (C=O) groups excluding carboxylic acids is 2. The second kappa shape index (κ2) is 8.82. The summed E-state index contributed by atoms with van der Waals surface area (Å²) in [4.78, 5) is 31.5. The number of nitrogens with zero attached hydrogens (tertiary/aromatic N) is 1. The third kappa shape index (κ3) is 3.87. The standard InChI is InChI=1S/C29H29N3O2/c1-18(2)20-12-14-21(15-13-20)31-26(33)16-17-32-28(22-8-4-5-9-23(22)29(32)34)27-19(3)30-25-11-7-6-10-24(25)27/h4-15,18,28,30H,16-17H2,1-3H3,(H,31,33)/t28-/m1/s1. The average molecular weight is 452 g/mol. The van der Waals surface area contributed by atoms with Gasteiger partial charge in [-0.15, -0.1) is 0 Å². The zero-order valence-corrected chi connectivity index (χ0v) is 19.8. The summed E-state index contributed by atoms with van der Waals surface area (Å²) < 4.78 is 0. The number of nitrogens with one attached hydrogen (secondary N) is 2. The van der Waals surface area contributed by atoms with Gasteiger partial charge < -0.3 is 15.2 Å². The van der Waals surface area contributed by atoms with E-state index in [1.807, 2.05) is 72.5 Å². The van der Waals surface area contributed by atoms with E-state index in [4.69, 9.17) is 0 Å². The molecule has 0 fully saturated rings. The molecular weight excluding hydrogens is 422 g/mol. The number of aromatic amines is 1. The fourth-order valence-electron chi connectivity index (χ4n) is 4.96. The van der Waals surface area contributed by atoms with E-state index in [9.17, 15) is 9.59 Å². The first-order chi connectivity index (χ1) is 16.4. The lowest BCUT2D eigenvalue weighted by Gasteiger charge is -2.26. The SMILES string of the molecule is Cc1[nH]c2ccccc2c1[C@H]1c2ccccc2C(=O)N1CCC(=O)Nc1ccc(C(C)C)cc1. The molecule has 0 unspecified atom stereocenters. The number of aromatic nitrogens is 1. The molecule has 0 saturated heterocycles. The highest BCUT2D eigenvalue weighted by Crippen LogP contribution is 2.42. The predicted molar refractivity (Wildman–Crippen MR) is 136 cm³/mol. The molecule has 172 valence electrons. The minimum Gasteiger partial charge on any atom is -0.358 e. The Labute approximate surface area is 199 Å². The van der Waals surface area contributed by atoms with Crippen molar-refractivity contribution in [1.82, 2.24) is 9.88 Å². The Balaban J connectivity index is 1.40. The fraction of sp³-hybridized carbons (Fsp3) is 0.241. The van der Waals surface area contributed by atoms with E-state index in [-0.39, 0.29) is 24.3 Å². The van der Waals surface area contributed by atoms with Crippen LogP contribution in [0.25, 0.3) is 10.9 Å². The van der Waals surface area contributed by atoms with E-state index in [1.54, 1.807) is 0 Å². The third-order valence-electron chi connectivity index (χ3n) is 6.72. The van der Waals surface area contributed by atoms with Gasteiger partial charge in [-0.2, -0.15) is 0 Å². The maximum atomic E-state index is 13.4. The van der Waals surface area contributed by atoms with Crippen molar-refractivity contribution >= 4 is 28.4 Å². The maximum Gasteiger partial charge on any atom is 0.255 e. The van der Waals surface area contributed by atoms with Gasteiger partial charge in [0.25, 0.3) is 5.91 Å². The van der Waals surface area contributed by atoms with Gasteiger partial charge in [0.05, 0.1) is 6.04 Å². The summed E-state index contributed by atoms with van der Waals surface area (Å²) in [7, 11) is 0. The summed E-state index contributed by atoms with van der Waals surface area (Å²) in [6.07, 6.45) is 0.226. The largest absolute Gasteiger partial charge is 0.358 e. The van der Waals surface area contributed by atoms with Crippen LogP contribution < -0.4 is 5.32 Å². The zero-order chi connectivity index (χ0) is 23.8. The number of amides is 2. The first kappa shape index (κ1) is 22.0. The van der Waals surface area contributed by atoms with Crippen molar-refractivity contribution < 1.29 is 9.59 Å². The summed E-state index contributed by atoms with van der Waals surface area (Å²) >= 11 is 0. The van der Waals surface area contributed by atoms with Gasteiger partial charge in [-0.05, 0) is 48.2 Å². The van der Waals surface area contributed by atoms with Gasteiger partial charge in [0.15, 0.2) is 0 Å². The number of rotatable bonds is 6. The second-order valence-corrected chi connectivity index (χ2v) is 9.27. The Bertz CT molecular complexity index is 1370. The number of carbonyl (C=O) groups is 2. The smallest absolute Gasteiger partial charge is 0.255 e. The molecule has 1 aliphatic rings. The Morgan fingerprint density at radius 2 is 1.71 bits per heavy atom. The molecule has 5 heteroatoms. The van der Waals surface area contributed by atoms with E-state index in [0.717, 1.165) is 33.4 Å². The van der Waals surface area contributed by atoms with Crippen molar-refractivity contribution in [2.45, 2.75) is 39.2 Å². The Morgan fingerprint density at radius 3 is 2.47 bits per heavy atom. The lowest BCUT2D eigenvalue weighted by atomic mass is 9.95. The number of hydrogen-bond donors (Lipinski definition) is 2. The van der Waals surface area contributed by atoms with Crippen LogP contribution in [-0.4, -0.2) is 28.2 Å². The highest BCUT2D eigenvalue weighted by molar-refractivity contribution is 6.01. The minimum absolute atomic E-state index is 0.0284. The van der Waals surface area contributed by atoms with Crippen LogP contribution in [-0.2, 0) is 4.79 Å². The molecule has 5 nitrogen and oxygen atoms in total. The first-order valence-electron chi connectivity index (χ1n) is 11.8. The quantitative estimate of drug-likeness (QED) is 0.368. The summed E-state index contributed by atoms with van der Waals surface area (Å²) in [5.41, 5.74) is 6.89. The Hall–Kier alpha value is -3.86. The molecule has 0 radical (unpaired) electrons. The molecule has 1 atom stereocenters. The number of fused-ring (bicyclic) bond motifs is 2. The van der Waals surface area contributed by atoms with Crippen molar-refractivity contribution in [1.29, 1.82) is 0 Å². The number of benzene rings is 3. The molecular formula is C29H29N3O2. The highest BCUT2D eigenvalue weighted by Gasteiger charge is 2.39. The number of hydrogen-bond acceptors (Lipinski definition) is 2. The van der Waals surface area contributed by atoms with Gasteiger partial charge in [-0.1, -0.05) is 62.4 Å². The summed E-state index contributed by atoms with van der Waals surface area (Å²) in [5, 5.41) is 4.08. The van der Waals surface area contributed by atoms with Crippen LogP contribution in [0, 0.1) is 6.92 Å². The fourth-order valence-corrected chi connectivity index (χ4v) is 4.96. The molecule has 2 amide bonds. The molecule has 0 bridgehead atoms. The van der Waals surface area contributed by atoms with E-state index in [1.165, 1.54) is 5.56 Å². The Morgan fingerprint density at radius 1 is 1.00 bits per heavy atom. The average Bonchev–Trinajstić information content (AvgIpc) is 3.30. The normalized spacial score (nSPS) is 15.2. The zero-order valence-electron chi connectivity index (χ0n) is 19.8. The van der Waals surface area contributed by atoms with Gasteiger partial charge in [-0.25, -0.2) is 0 Å². The molecule has 1 aromatic heterocycles. The van der Waals surface area contributed by atoms with Crippen LogP contribution in [0.2, 0.25) is 0 Å². The lowest BCUT2D eigenvalue weighted by Crippen LogP contribution is -2.32. The number of aryl methyl sites for hydroxylation is 1. The molecule has 34 heavy (non-hydrogen) atoms. The van der Waals surface area contributed by atoms with Crippen molar-refractivity contribution in [3.63, 3.8) is 0 Å². The van der Waals surface area contributed by atoms with Gasteiger partial charge in [-0.3, -0.25) is 9.59 Å². The summed E-state index contributed by atoms with van der Waals surface area (Å²) in [5.74, 6) is 0.312. The van der Waals surface area contributed by atoms with Crippen molar-refractivity contribution in [3.05, 3.63) is 101 Å². The highest BCUT2D eigenvalue weighted by atomic mass is 16.2. The molecule has 3 aromatic carbocycles. The predicted octanol–water partition coefficient (Wildman–Crippen LogP) is 6.17. The van der Waals surface area contributed by atoms with Crippen LogP contribution in [0.3, 0.4) is 0 Å². The maximum absolute atomic E-state index is 13.4. The van der Waals surface area contributed by atoms with E-state index < -0.39 is 0 Å². The first-order valence-corrected chi connectivity index (χ1v) is 11.8. The van der Waals surface area contributed by atoms with Crippen LogP contribution in [0.1, 0.15) is 65.0 Å². The number of anilines is 1. The van der Waals surface area contributed by atoms with Gasteiger partial charge >= 0.3 is 0 Å². The Kier molecular flexibility index (Phi) is 5.70. The van der Waals surface area contributed by atoms with Gasteiger partial charge in [0.1, 0.15) is 0 Å². The van der Waals surface area contributed by atoms with Crippen molar-refractivity contribution in [3.8, 4) is 0 Å². The topological polar surface area (TPSA) is 65.2 Å². The minimum atomic E-state index is -0.224. The van der Waals surface area contributed by atoms with Crippen molar-refractivity contribution in [2.75, 3.05) is 11.9 Å².